The lowest BCUT2D eigenvalue weighted by Gasteiger charge is -2.06. The van der Waals surface area contributed by atoms with Gasteiger partial charge in [0.1, 0.15) is 5.69 Å². The number of rotatable bonds is 1. The summed E-state index contributed by atoms with van der Waals surface area (Å²) in [6, 6.07) is 3.79. The highest BCUT2D eigenvalue weighted by atomic mass is 79.9. The molecular formula is C12H9BrClN5. The van der Waals surface area contributed by atoms with E-state index in [-0.39, 0.29) is 0 Å². The van der Waals surface area contributed by atoms with Crippen LogP contribution in [0, 0.1) is 13.8 Å². The third-order valence-corrected chi connectivity index (χ3v) is 3.65. The third kappa shape index (κ3) is 2.01. The molecule has 5 nitrogen and oxygen atoms in total. The van der Waals surface area contributed by atoms with E-state index in [2.05, 4.69) is 36.1 Å². The van der Waals surface area contributed by atoms with E-state index in [1.54, 1.807) is 6.20 Å². The molecule has 0 fully saturated rings. The molecule has 3 aromatic heterocycles. The van der Waals surface area contributed by atoms with Crippen molar-refractivity contribution in [3.8, 4) is 11.5 Å². The first-order valence-corrected chi connectivity index (χ1v) is 6.75. The fourth-order valence-electron chi connectivity index (χ4n) is 1.85. The number of aryl methyl sites for hydroxylation is 2. The maximum atomic E-state index is 6.10. The Labute approximate surface area is 122 Å². The fraction of sp³-hybridized carbons (Fsp3) is 0.167. The Bertz CT molecular complexity index is 766. The Kier molecular flexibility index (Phi) is 2.99. The van der Waals surface area contributed by atoms with Crippen molar-refractivity contribution in [1.82, 2.24) is 24.6 Å². The van der Waals surface area contributed by atoms with Crippen molar-refractivity contribution in [2.75, 3.05) is 0 Å². The highest BCUT2D eigenvalue weighted by Crippen LogP contribution is 2.23. The highest BCUT2D eigenvalue weighted by molar-refractivity contribution is 9.10. The molecule has 3 rings (SSSR count). The van der Waals surface area contributed by atoms with E-state index in [1.165, 1.54) is 0 Å². The van der Waals surface area contributed by atoms with E-state index in [0.29, 0.717) is 16.6 Å². The molecule has 19 heavy (non-hydrogen) atoms. The summed E-state index contributed by atoms with van der Waals surface area (Å²) in [4.78, 5) is 8.57. The zero-order valence-electron chi connectivity index (χ0n) is 10.2. The van der Waals surface area contributed by atoms with Crippen LogP contribution in [0.15, 0.2) is 22.8 Å². The van der Waals surface area contributed by atoms with Crippen LogP contribution in [-0.4, -0.2) is 24.6 Å². The zero-order valence-corrected chi connectivity index (χ0v) is 12.6. The normalized spacial score (nSPS) is 11.2. The molecule has 3 heterocycles. The second kappa shape index (κ2) is 4.54. The van der Waals surface area contributed by atoms with Crippen LogP contribution in [0.25, 0.3) is 17.2 Å². The van der Waals surface area contributed by atoms with Gasteiger partial charge < -0.3 is 0 Å². The van der Waals surface area contributed by atoms with Crippen LogP contribution in [0.3, 0.4) is 0 Å². The van der Waals surface area contributed by atoms with Crippen LogP contribution in [0.4, 0.5) is 0 Å². The number of pyridine rings is 1. The molecule has 0 radical (unpaired) electrons. The molecule has 3 aromatic rings. The molecule has 0 amide bonds. The summed E-state index contributed by atoms with van der Waals surface area (Å²) in [5, 5.41) is 8.60. The molecular weight excluding hydrogens is 330 g/mol. The molecule has 0 aliphatic carbocycles. The van der Waals surface area contributed by atoms with Crippen molar-refractivity contribution in [2.24, 2.45) is 0 Å². The number of hydrogen-bond donors (Lipinski definition) is 0. The second-order valence-corrected chi connectivity index (χ2v) is 5.39. The Balaban J connectivity index is 2.34. The molecule has 0 aliphatic heterocycles. The van der Waals surface area contributed by atoms with Gasteiger partial charge in [-0.1, -0.05) is 11.6 Å². The largest absolute Gasteiger partial charge is 0.274 e. The predicted molar refractivity (Wildman–Crippen MR) is 76.2 cm³/mol. The minimum atomic E-state index is 0.346. The van der Waals surface area contributed by atoms with E-state index in [1.807, 2.05) is 30.4 Å². The molecule has 0 spiro atoms. The Hall–Kier alpha value is -1.53. The summed E-state index contributed by atoms with van der Waals surface area (Å²) in [5.41, 5.74) is 3.07. The average molecular weight is 339 g/mol. The fourth-order valence-corrected chi connectivity index (χ4v) is 2.33. The third-order valence-electron chi connectivity index (χ3n) is 2.93. The van der Waals surface area contributed by atoms with Crippen LogP contribution in [-0.2, 0) is 0 Å². The Morgan fingerprint density at radius 3 is 2.68 bits per heavy atom. The number of hydrogen-bond acceptors (Lipinski definition) is 4. The van der Waals surface area contributed by atoms with Crippen LogP contribution < -0.4 is 0 Å². The highest BCUT2D eigenvalue weighted by Gasteiger charge is 2.16. The van der Waals surface area contributed by atoms with E-state index in [9.17, 15) is 0 Å². The molecule has 0 aromatic carbocycles. The lowest BCUT2D eigenvalue weighted by molar-refractivity contribution is 0.993. The zero-order chi connectivity index (χ0) is 13.6. The molecule has 0 saturated heterocycles. The van der Waals surface area contributed by atoms with Gasteiger partial charge in [0.15, 0.2) is 16.6 Å². The van der Waals surface area contributed by atoms with Crippen molar-refractivity contribution in [3.63, 3.8) is 0 Å². The minimum Gasteiger partial charge on any atom is -0.274 e. The van der Waals surface area contributed by atoms with E-state index in [4.69, 9.17) is 11.6 Å². The van der Waals surface area contributed by atoms with E-state index in [0.717, 1.165) is 21.6 Å². The summed E-state index contributed by atoms with van der Waals surface area (Å²) in [6.45, 7) is 3.86. The maximum Gasteiger partial charge on any atom is 0.199 e. The van der Waals surface area contributed by atoms with Gasteiger partial charge in [-0.2, -0.15) is 0 Å². The summed E-state index contributed by atoms with van der Waals surface area (Å²) < 4.78 is 2.79. The Morgan fingerprint density at radius 2 is 2.00 bits per heavy atom. The molecule has 0 saturated carbocycles. The summed E-state index contributed by atoms with van der Waals surface area (Å²) in [7, 11) is 0. The Morgan fingerprint density at radius 1 is 1.21 bits per heavy atom. The molecule has 0 atom stereocenters. The summed E-state index contributed by atoms with van der Waals surface area (Å²) in [6.07, 6.45) is 1.72. The van der Waals surface area contributed by atoms with E-state index < -0.39 is 0 Å². The van der Waals surface area contributed by atoms with Gasteiger partial charge in [-0.25, -0.2) is 4.98 Å². The quantitative estimate of drug-likeness (QED) is 0.683. The van der Waals surface area contributed by atoms with Gasteiger partial charge in [-0.05, 0) is 41.9 Å². The smallest absolute Gasteiger partial charge is 0.199 e. The topological polar surface area (TPSA) is 56.0 Å². The lowest BCUT2D eigenvalue weighted by atomic mass is 10.3. The molecule has 0 unspecified atom stereocenters. The number of nitrogens with zero attached hydrogens (tertiary/aromatic N) is 5. The first-order chi connectivity index (χ1) is 9.08. The van der Waals surface area contributed by atoms with Gasteiger partial charge in [-0.3, -0.25) is 9.38 Å². The van der Waals surface area contributed by atoms with Crippen molar-refractivity contribution >= 4 is 33.2 Å². The SMILES string of the molecule is Cc1nc(Cl)c2nnc(-c3ccc(Br)cn3)n2c1C. The summed E-state index contributed by atoms with van der Waals surface area (Å²) in [5.74, 6) is 0.660. The molecule has 0 aliphatic rings. The van der Waals surface area contributed by atoms with E-state index >= 15 is 0 Å². The predicted octanol–water partition coefficient (Wildman–Crippen LogP) is 3.22. The van der Waals surface area contributed by atoms with Crippen LogP contribution in [0.2, 0.25) is 5.15 Å². The second-order valence-electron chi connectivity index (χ2n) is 4.12. The first kappa shape index (κ1) is 12.5. The van der Waals surface area contributed by atoms with Gasteiger partial charge in [0.25, 0.3) is 0 Å². The monoisotopic (exact) mass is 337 g/mol. The van der Waals surface area contributed by atoms with Crippen LogP contribution in [0.1, 0.15) is 11.4 Å². The van der Waals surface area contributed by atoms with Gasteiger partial charge in [0.2, 0.25) is 0 Å². The van der Waals surface area contributed by atoms with Crippen LogP contribution >= 0.6 is 27.5 Å². The lowest BCUT2D eigenvalue weighted by Crippen LogP contribution is -2.01. The number of halogens is 2. The standard InChI is InChI=1S/C12H9BrClN5/c1-6-7(2)19-11(9-4-3-8(13)5-15-9)17-18-12(19)10(14)16-6/h3-5H,1-2H3. The molecule has 0 bridgehead atoms. The molecule has 7 heteroatoms. The van der Waals surface area contributed by atoms with Crippen molar-refractivity contribution in [1.29, 1.82) is 0 Å². The average Bonchev–Trinajstić information content (AvgIpc) is 2.82. The minimum absolute atomic E-state index is 0.346. The summed E-state index contributed by atoms with van der Waals surface area (Å²) >= 11 is 9.46. The van der Waals surface area contributed by atoms with Gasteiger partial charge in [0, 0.05) is 16.4 Å². The van der Waals surface area contributed by atoms with Crippen molar-refractivity contribution in [2.45, 2.75) is 13.8 Å². The number of aromatic nitrogens is 5. The number of fused-ring (bicyclic) bond motifs is 1. The van der Waals surface area contributed by atoms with Gasteiger partial charge in [-0.15, -0.1) is 10.2 Å². The molecule has 0 N–H and O–H groups in total. The van der Waals surface area contributed by atoms with Gasteiger partial charge >= 0.3 is 0 Å². The van der Waals surface area contributed by atoms with Crippen LogP contribution in [0.5, 0.6) is 0 Å². The first-order valence-electron chi connectivity index (χ1n) is 5.57. The van der Waals surface area contributed by atoms with Crippen molar-refractivity contribution in [3.05, 3.63) is 39.3 Å². The van der Waals surface area contributed by atoms with Gasteiger partial charge in [0.05, 0.1) is 5.69 Å². The molecule has 96 valence electrons. The maximum absolute atomic E-state index is 6.10. The van der Waals surface area contributed by atoms with Crippen molar-refractivity contribution < 1.29 is 0 Å².